The average Bonchev–Trinajstić information content (AvgIpc) is 2.91. The van der Waals surface area contributed by atoms with Gasteiger partial charge in [0, 0.05) is 19.0 Å². The second-order valence-corrected chi connectivity index (χ2v) is 6.51. The van der Waals surface area contributed by atoms with Gasteiger partial charge in [0.25, 0.3) is 5.91 Å². The number of ether oxygens (including phenoxy) is 2. The Labute approximate surface area is 141 Å². The molecule has 1 fully saturated rings. The molecule has 0 spiro atoms. The minimum Gasteiger partial charge on any atom is -0.468 e. The lowest BCUT2D eigenvalue weighted by molar-refractivity contribution is -0.162. The third kappa shape index (κ3) is 5.48. The highest BCUT2D eigenvalue weighted by molar-refractivity contribution is 5.95. The molecular weight excluding hydrogens is 318 g/mol. The van der Waals surface area contributed by atoms with Crippen LogP contribution in [0.3, 0.4) is 0 Å². The van der Waals surface area contributed by atoms with E-state index in [1.165, 1.54) is 19.0 Å². The zero-order valence-corrected chi connectivity index (χ0v) is 14.7. The maximum atomic E-state index is 12.5. The van der Waals surface area contributed by atoms with Crippen molar-refractivity contribution < 1.29 is 28.7 Å². The Kier molecular flexibility index (Phi) is 6.70. The van der Waals surface area contributed by atoms with Crippen molar-refractivity contribution in [3.63, 3.8) is 0 Å². The van der Waals surface area contributed by atoms with Crippen LogP contribution in [0, 0.1) is 0 Å². The fourth-order valence-corrected chi connectivity index (χ4v) is 2.34. The molecule has 1 heterocycles. The highest BCUT2D eigenvalue weighted by atomic mass is 16.5. The molecule has 9 heteroatoms. The molecule has 0 aromatic heterocycles. The topological polar surface area (TPSA) is 105 Å². The van der Waals surface area contributed by atoms with E-state index in [-0.39, 0.29) is 0 Å². The van der Waals surface area contributed by atoms with E-state index >= 15 is 0 Å². The van der Waals surface area contributed by atoms with Crippen LogP contribution in [0.5, 0.6) is 0 Å². The summed E-state index contributed by atoms with van der Waals surface area (Å²) in [4.78, 5) is 47.8. The van der Waals surface area contributed by atoms with Gasteiger partial charge in [-0.2, -0.15) is 10.0 Å². The Balaban J connectivity index is 3.03. The largest absolute Gasteiger partial charge is 0.468 e. The van der Waals surface area contributed by atoms with Crippen molar-refractivity contribution in [1.82, 2.24) is 15.3 Å². The van der Waals surface area contributed by atoms with Gasteiger partial charge in [-0.25, -0.2) is 4.79 Å². The predicted molar refractivity (Wildman–Crippen MR) is 83.5 cm³/mol. The van der Waals surface area contributed by atoms with Crippen LogP contribution in [-0.4, -0.2) is 65.7 Å². The molecule has 1 aliphatic heterocycles. The first kappa shape index (κ1) is 19.9. The van der Waals surface area contributed by atoms with E-state index in [9.17, 15) is 19.2 Å². The van der Waals surface area contributed by atoms with Gasteiger partial charge in [0.1, 0.15) is 6.04 Å². The Bertz CT molecular complexity index is 514. The van der Waals surface area contributed by atoms with E-state index in [0.29, 0.717) is 19.4 Å². The van der Waals surface area contributed by atoms with Crippen LogP contribution in [0.4, 0.5) is 4.79 Å². The minimum atomic E-state index is -0.734. The summed E-state index contributed by atoms with van der Waals surface area (Å²) < 4.78 is 9.43. The number of imide groups is 1. The number of carbonyl (C=O) groups excluding carboxylic acids is 4. The molecule has 1 atom stereocenters. The highest BCUT2D eigenvalue weighted by Crippen LogP contribution is 2.21. The Hall–Kier alpha value is -2.16. The molecule has 1 saturated heterocycles. The lowest BCUT2D eigenvalue weighted by Gasteiger charge is -2.35. The molecule has 1 N–H and O–H groups in total. The maximum Gasteiger partial charge on any atom is 0.339 e. The maximum absolute atomic E-state index is 12.5. The van der Waals surface area contributed by atoms with Gasteiger partial charge < -0.3 is 14.8 Å². The van der Waals surface area contributed by atoms with Crippen molar-refractivity contribution in [3.05, 3.63) is 0 Å². The summed E-state index contributed by atoms with van der Waals surface area (Å²) in [6.07, 6.45) is 1.09. The number of hydrogen-bond acceptors (Lipinski definition) is 7. The molecule has 0 bridgehead atoms. The van der Waals surface area contributed by atoms with Crippen molar-refractivity contribution in [2.75, 3.05) is 20.3 Å². The van der Waals surface area contributed by atoms with Crippen LogP contribution in [0.25, 0.3) is 0 Å². The molecule has 24 heavy (non-hydrogen) atoms. The molecule has 0 radical (unpaired) electrons. The molecule has 0 aliphatic carbocycles. The van der Waals surface area contributed by atoms with Gasteiger partial charge in [0.05, 0.1) is 7.11 Å². The van der Waals surface area contributed by atoms with Crippen molar-refractivity contribution in [2.45, 2.75) is 52.1 Å². The number of methoxy groups -OCH3 is 1. The SMILES string of the molecule is COC(=O)[C@@H]1CCCN1N(C(=O)COC(C)=O)C(=O)NC(C)(C)C. The van der Waals surface area contributed by atoms with Gasteiger partial charge in [0.15, 0.2) is 6.61 Å². The molecule has 0 saturated carbocycles. The summed E-state index contributed by atoms with van der Waals surface area (Å²) in [7, 11) is 1.25. The fourth-order valence-electron chi connectivity index (χ4n) is 2.34. The summed E-state index contributed by atoms with van der Waals surface area (Å²) >= 11 is 0. The van der Waals surface area contributed by atoms with E-state index < -0.39 is 42.1 Å². The van der Waals surface area contributed by atoms with Gasteiger partial charge in [-0.15, -0.1) is 0 Å². The Morgan fingerprint density at radius 3 is 2.38 bits per heavy atom. The number of hydrazine groups is 1. The smallest absolute Gasteiger partial charge is 0.339 e. The number of esters is 2. The monoisotopic (exact) mass is 343 g/mol. The van der Waals surface area contributed by atoms with Crippen molar-refractivity contribution in [2.24, 2.45) is 0 Å². The number of carbonyl (C=O) groups is 4. The molecular formula is C15H25N3O6. The third-order valence-electron chi connectivity index (χ3n) is 3.26. The minimum absolute atomic E-state index is 0.336. The van der Waals surface area contributed by atoms with Crippen LogP contribution in [0.1, 0.15) is 40.5 Å². The summed E-state index contributed by atoms with van der Waals surface area (Å²) in [6.45, 7) is 6.21. The quantitative estimate of drug-likeness (QED) is 0.738. The molecule has 0 aromatic carbocycles. The van der Waals surface area contributed by atoms with E-state index in [4.69, 9.17) is 9.47 Å². The Morgan fingerprint density at radius 1 is 1.25 bits per heavy atom. The summed E-state index contributed by atoms with van der Waals surface area (Å²) in [5.41, 5.74) is -0.586. The first-order valence-corrected chi connectivity index (χ1v) is 7.69. The lowest BCUT2D eigenvalue weighted by atomic mass is 10.1. The van der Waals surface area contributed by atoms with Gasteiger partial charge in [-0.1, -0.05) is 0 Å². The number of rotatable bonds is 4. The second kappa shape index (κ2) is 8.09. The molecule has 136 valence electrons. The van der Waals surface area contributed by atoms with Crippen LogP contribution >= 0.6 is 0 Å². The summed E-state index contributed by atoms with van der Waals surface area (Å²) in [5, 5.41) is 4.87. The molecule has 9 nitrogen and oxygen atoms in total. The summed E-state index contributed by atoms with van der Waals surface area (Å²) in [6, 6.07) is -1.42. The van der Waals surface area contributed by atoms with Crippen LogP contribution in [0.2, 0.25) is 0 Å². The van der Waals surface area contributed by atoms with E-state index in [1.54, 1.807) is 20.8 Å². The zero-order valence-electron chi connectivity index (χ0n) is 14.7. The number of hydrogen-bond donors (Lipinski definition) is 1. The molecule has 3 amide bonds. The zero-order chi connectivity index (χ0) is 18.5. The van der Waals surface area contributed by atoms with E-state index in [1.807, 2.05) is 0 Å². The fraction of sp³-hybridized carbons (Fsp3) is 0.733. The standard InChI is InChI=1S/C15H25N3O6/c1-10(19)24-9-12(20)18(14(22)16-15(2,3)4)17-8-6-7-11(17)13(21)23-5/h11H,6-9H2,1-5H3,(H,16,22)/t11-/m0/s1. The van der Waals surface area contributed by atoms with E-state index in [2.05, 4.69) is 5.32 Å². The lowest BCUT2D eigenvalue weighted by Crippen LogP contribution is -2.60. The second-order valence-electron chi connectivity index (χ2n) is 6.51. The van der Waals surface area contributed by atoms with Gasteiger partial charge in [-0.3, -0.25) is 14.4 Å². The first-order valence-electron chi connectivity index (χ1n) is 7.69. The highest BCUT2D eigenvalue weighted by Gasteiger charge is 2.41. The molecule has 1 aliphatic rings. The Morgan fingerprint density at radius 2 is 1.88 bits per heavy atom. The van der Waals surface area contributed by atoms with Crippen molar-refractivity contribution in [3.8, 4) is 0 Å². The van der Waals surface area contributed by atoms with Crippen molar-refractivity contribution in [1.29, 1.82) is 0 Å². The molecule has 1 rings (SSSR count). The summed E-state index contributed by atoms with van der Waals surface area (Å²) in [5.74, 6) is -1.89. The first-order chi connectivity index (χ1) is 11.1. The number of amides is 3. The number of nitrogens with zero attached hydrogens (tertiary/aromatic N) is 2. The third-order valence-corrected chi connectivity index (χ3v) is 3.26. The van der Waals surface area contributed by atoms with Crippen molar-refractivity contribution >= 4 is 23.9 Å². The molecule has 0 unspecified atom stereocenters. The number of nitrogens with one attached hydrogen (secondary N) is 1. The average molecular weight is 343 g/mol. The van der Waals surface area contributed by atoms with Gasteiger partial charge in [-0.05, 0) is 33.6 Å². The molecule has 0 aromatic rings. The van der Waals surface area contributed by atoms with Crippen LogP contribution in [-0.2, 0) is 23.9 Å². The van der Waals surface area contributed by atoms with Crippen LogP contribution in [0.15, 0.2) is 0 Å². The van der Waals surface area contributed by atoms with Gasteiger partial charge in [0.2, 0.25) is 0 Å². The predicted octanol–water partition coefficient (Wildman–Crippen LogP) is 0.439. The van der Waals surface area contributed by atoms with Gasteiger partial charge >= 0.3 is 18.0 Å². The number of urea groups is 1. The normalized spacial score (nSPS) is 18.0. The van der Waals surface area contributed by atoms with Crippen LogP contribution < -0.4 is 5.32 Å². The van der Waals surface area contributed by atoms with E-state index in [0.717, 1.165) is 5.01 Å².